The van der Waals surface area contributed by atoms with Gasteiger partial charge in [-0.15, -0.1) is 11.3 Å². The van der Waals surface area contributed by atoms with Crippen molar-refractivity contribution in [3.05, 3.63) is 38.9 Å². The van der Waals surface area contributed by atoms with Gasteiger partial charge in [-0.05, 0) is 23.4 Å². The molecule has 0 saturated heterocycles. The first-order chi connectivity index (χ1) is 9.26. The second-order valence-electron chi connectivity index (χ2n) is 4.44. The average molecular weight is 296 g/mol. The minimum absolute atomic E-state index is 0.380. The molecular weight excluding hydrogens is 282 g/mol. The minimum atomic E-state index is 0.380. The molecule has 3 heterocycles. The van der Waals surface area contributed by atoms with Crippen LogP contribution in [0.25, 0.3) is 0 Å². The van der Waals surface area contributed by atoms with Gasteiger partial charge in [0.1, 0.15) is 17.6 Å². The number of aromatic nitrogens is 2. The zero-order chi connectivity index (χ0) is 13.2. The van der Waals surface area contributed by atoms with E-state index in [1.165, 1.54) is 10.4 Å². The van der Waals surface area contributed by atoms with Crippen LogP contribution in [0.1, 0.15) is 16.3 Å². The van der Waals surface area contributed by atoms with Crippen LogP contribution in [-0.2, 0) is 24.3 Å². The Bertz CT molecular complexity index is 587. The summed E-state index contributed by atoms with van der Waals surface area (Å²) < 4.78 is 5.07. The Kier molecular flexibility index (Phi) is 3.68. The second-order valence-corrected chi connectivity index (χ2v) is 5.83. The van der Waals surface area contributed by atoms with Gasteiger partial charge in [0.25, 0.3) is 0 Å². The molecular formula is C13H14ClN3OS. The van der Waals surface area contributed by atoms with E-state index in [0.29, 0.717) is 17.6 Å². The van der Waals surface area contributed by atoms with Crippen LogP contribution >= 0.6 is 22.9 Å². The third kappa shape index (κ3) is 2.73. The zero-order valence-electron chi connectivity index (χ0n) is 10.6. The molecule has 19 heavy (non-hydrogen) atoms. The number of methoxy groups -OCH3 is 1. The van der Waals surface area contributed by atoms with Gasteiger partial charge in [0.2, 0.25) is 0 Å². The van der Waals surface area contributed by atoms with Crippen LogP contribution in [0.4, 0.5) is 5.82 Å². The number of hydrogen-bond donors (Lipinski definition) is 0. The highest BCUT2D eigenvalue weighted by atomic mass is 35.5. The molecule has 0 saturated carbocycles. The van der Waals surface area contributed by atoms with E-state index in [1.54, 1.807) is 7.11 Å². The summed E-state index contributed by atoms with van der Waals surface area (Å²) in [4.78, 5) is 12.4. The average Bonchev–Trinajstić information content (AvgIpc) is 2.85. The largest absolute Gasteiger partial charge is 0.377 e. The summed E-state index contributed by atoms with van der Waals surface area (Å²) in [5, 5.41) is 2.62. The Morgan fingerprint density at radius 1 is 1.47 bits per heavy atom. The standard InChI is InChI=1S/C13H14ClN3OS/c1-18-8-12-15-11(14)6-13(16-12)17-4-2-10-9(7-17)3-5-19-10/h3,5-6H,2,4,7-8H2,1H3. The van der Waals surface area contributed by atoms with Gasteiger partial charge in [-0.2, -0.15) is 0 Å². The molecule has 1 aliphatic rings. The maximum Gasteiger partial charge on any atom is 0.158 e. The van der Waals surface area contributed by atoms with E-state index in [2.05, 4.69) is 26.3 Å². The first-order valence-electron chi connectivity index (χ1n) is 6.09. The molecule has 0 fully saturated rings. The summed E-state index contributed by atoms with van der Waals surface area (Å²) in [5.74, 6) is 1.50. The monoisotopic (exact) mass is 295 g/mol. The fourth-order valence-electron chi connectivity index (χ4n) is 2.25. The lowest BCUT2D eigenvalue weighted by molar-refractivity contribution is 0.178. The fraction of sp³-hybridized carbons (Fsp3) is 0.385. The van der Waals surface area contributed by atoms with Crippen LogP contribution in [0.3, 0.4) is 0 Å². The minimum Gasteiger partial charge on any atom is -0.377 e. The summed E-state index contributed by atoms with van der Waals surface area (Å²) in [6, 6.07) is 4.00. The molecule has 0 bridgehead atoms. The van der Waals surface area contributed by atoms with E-state index in [0.717, 1.165) is 25.3 Å². The molecule has 6 heteroatoms. The van der Waals surface area contributed by atoms with Gasteiger partial charge < -0.3 is 9.64 Å². The Hall–Kier alpha value is -1.17. The van der Waals surface area contributed by atoms with Crippen molar-refractivity contribution >= 4 is 28.8 Å². The number of hydrogen-bond acceptors (Lipinski definition) is 5. The molecule has 100 valence electrons. The number of halogens is 1. The SMILES string of the molecule is COCc1nc(Cl)cc(N2CCc3sccc3C2)n1. The Balaban J connectivity index is 1.87. The van der Waals surface area contributed by atoms with Crippen molar-refractivity contribution in [2.24, 2.45) is 0 Å². The predicted molar refractivity (Wildman–Crippen MR) is 76.8 cm³/mol. The van der Waals surface area contributed by atoms with Crippen molar-refractivity contribution in [1.29, 1.82) is 0 Å². The predicted octanol–water partition coefficient (Wildman–Crippen LogP) is 2.90. The molecule has 4 nitrogen and oxygen atoms in total. The van der Waals surface area contributed by atoms with Gasteiger partial charge in [-0.1, -0.05) is 11.6 Å². The van der Waals surface area contributed by atoms with Gasteiger partial charge >= 0.3 is 0 Å². The molecule has 0 spiro atoms. The number of ether oxygens (including phenoxy) is 1. The number of fused-ring (bicyclic) bond motifs is 1. The lowest BCUT2D eigenvalue weighted by Gasteiger charge is -2.28. The number of thiophene rings is 1. The van der Waals surface area contributed by atoms with Crippen LogP contribution in [0.15, 0.2) is 17.5 Å². The molecule has 0 amide bonds. The molecule has 0 aromatic carbocycles. The number of nitrogens with zero attached hydrogens (tertiary/aromatic N) is 3. The highest BCUT2D eigenvalue weighted by molar-refractivity contribution is 7.10. The van der Waals surface area contributed by atoms with E-state index >= 15 is 0 Å². The van der Waals surface area contributed by atoms with Gasteiger partial charge in [0.15, 0.2) is 5.82 Å². The molecule has 2 aromatic rings. The summed E-state index contributed by atoms with van der Waals surface area (Å²) in [6.07, 6.45) is 1.06. The van der Waals surface area contributed by atoms with Crippen molar-refractivity contribution in [1.82, 2.24) is 9.97 Å². The summed E-state index contributed by atoms with van der Waals surface area (Å²) in [6.45, 7) is 2.23. The number of rotatable bonds is 3. The molecule has 2 aromatic heterocycles. The third-order valence-corrected chi connectivity index (χ3v) is 4.35. The van der Waals surface area contributed by atoms with E-state index in [9.17, 15) is 0 Å². The highest BCUT2D eigenvalue weighted by Crippen LogP contribution is 2.27. The molecule has 3 rings (SSSR count). The smallest absolute Gasteiger partial charge is 0.158 e. The third-order valence-electron chi connectivity index (χ3n) is 3.13. The van der Waals surface area contributed by atoms with Crippen LogP contribution in [0.5, 0.6) is 0 Å². The van der Waals surface area contributed by atoms with Crippen molar-refractivity contribution in [3.8, 4) is 0 Å². The quantitative estimate of drug-likeness (QED) is 0.816. The van der Waals surface area contributed by atoms with Crippen molar-refractivity contribution in [2.45, 2.75) is 19.6 Å². The van der Waals surface area contributed by atoms with E-state index in [1.807, 2.05) is 17.4 Å². The lowest BCUT2D eigenvalue weighted by atomic mass is 10.1. The molecule has 1 aliphatic heterocycles. The molecule has 0 radical (unpaired) electrons. The van der Waals surface area contributed by atoms with E-state index in [4.69, 9.17) is 16.3 Å². The molecule has 0 N–H and O–H groups in total. The van der Waals surface area contributed by atoms with Crippen molar-refractivity contribution in [2.75, 3.05) is 18.6 Å². The number of anilines is 1. The topological polar surface area (TPSA) is 38.2 Å². The van der Waals surface area contributed by atoms with Crippen LogP contribution in [0.2, 0.25) is 5.15 Å². The van der Waals surface area contributed by atoms with Crippen molar-refractivity contribution < 1.29 is 4.74 Å². The van der Waals surface area contributed by atoms with Gasteiger partial charge in [0.05, 0.1) is 0 Å². The lowest BCUT2D eigenvalue weighted by Crippen LogP contribution is -2.30. The zero-order valence-corrected chi connectivity index (χ0v) is 12.2. The highest BCUT2D eigenvalue weighted by Gasteiger charge is 2.19. The summed E-state index contributed by atoms with van der Waals surface area (Å²) >= 11 is 7.88. The van der Waals surface area contributed by atoms with Crippen LogP contribution in [0, 0.1) is 0 Å². The normalized spacial score (nSPS) is 14.5. The summed E-state index contributed by atoms with van der Waals surface area (Å²) in [5.41, 5.74) is 1.39. The second kappa shape index (κ2) is 5.45. The Morgan fingerprint density at radius 3 is 3.21 bits per heavy atom. The maximum absolute atomic E-state index is 6.05. The Morgan fingerprint density at radius 2 is 2.37 bits per heavy atom. The van der Waals surface area contributed by atoms with Gasteiger partial charge in [-0.25, -0.2) is 9.97 Å². The first-order valence-corrected chi connectivity index (χ1v) is 7.34. The summed E-state index contributed by atoms with van der Waals surface area (Å²) in [7, 11) is 1.63. The Labute approximate surface area is 121 Å². The van der Waals surface area contributed by atoms with E-state index < -0.39 is 0 Å². The maximum atomic E-state index is 6.05. The first kappa shape index (κ1) is 12.8. The van der Waals surface area contributed by atoms with Gasteiger partial charge in [0, 0.05) is 31.1 Å². The van der Waals surface area contributed by atoms with E-state index in [-0.39, 0.29) is 0 Å². The van der Waals surface area contributed by atoms with Crippen LogP contribution in [-0.4, -0.2) is 23.6 Å². The van der Waals surface area contributed by atoms with Crippen LogP contribution < -0.4 is 4.90 Å². The molecule has 0 unspecified atom stereocenters. The van der Waals surface area contributed by atoms with Crippen molar-refractivity contribution in [3.63, 3.8) is 0 Å². The molecule has 0 aliphatic carbocycles. The fourth-order valence-corrected chi connectivity index (χ4v) is 3.34. The van der Waals surface area contributed by atoms with Gasteiger partial charge in [-0.3, -0.25) is 0 Å². The molecule has 0 atom stereocenters.